The fourth-order valence-corrected chi connectivity index (χ4v) is 2.62. The largest absolute Gasteiger partial charge is 0.352 e. The number of Topliss-reactive ketones (excluding diaryl/α,β-unsaturated/α-hetero) is 1. The Morgan fingerprint density at radius 2 is 1.78 bits per heavy atom. The summed E-state index contributed by atoms with van der Waals surface area (Å²) >= 11 is 0. The molecule has 6 heteroatoms. The molecule has 1 aromatic heterocycles. The van der Waals surface area contributed by atoms with Gasteiger partial charge in [-0.05, 0) is 19.9 Å². The lowest BCUT2D eigenvalue weighted by Gasteiger charge is -2.19. The minimum Gasteiger partial charge on any atom is -0.352 e. The van der Waals surface area contributed by atoms with Gasteiger partial charge in [-0.2, -0.15) is 0 Å². The zero-order chi connectivity index (χ0) is 17.0. The number of hydrogen-bond donors (Lipinski definition) is 1. The van der Waals surface area contributed by atoms with Crippen molar-refractivity contribution in [2.24, 2.45) is 0 Å². The van der Waals surface area contributed by atoms with Crippen LogP contribution in [0.25, 0.3) is 10.9 Å². The first-order chi connectivity index (χ1) is 11.0. The van der Waals surface area contributed by atoms with Gasteiger partial charge in [0.2, 0.25) is 5.91 Å². The highest BCUT2D eigenvalue weighted by Gasteiger charge is 2.21. The SMILES string of the molecule is CCN(CC)C(=O)Cn1cc(C(=O)C(=O)NC)c2ccccc21. The number of para-hydroxylation sites is 1. The van der Waals surface area contributed by atoms with E-state index in [0.717, 1.165) is 5.52 Å². The summed E-state index contributed by atoms with van der Waals surface area (Å²) in [4.78, 5) is 37.9. The summed E-state index contributed by atoms with van der Waals surface area (Å²) in [6.45, 7) is 5.27. The van der Waals surface area contributed by atoms with Crippen molar-refractivity contribution in [2.45, 2.75) is 20.4 Å². The van der Waals surface area contributed by atoms with Crippen LogP contribution in [0.2, 0.25) is 0 Å². The van der Waals surface area contributed by atoms with Crippen molar-refractivity contribution in [3.05, 3.63) is 36.0 Å². The summed E-state index contributed by atoms with van der Waals surface area (Å²) < 4.78 is 1.73. The van der Waals surface area contributed by atoms with Crippen LogP contribution in [0.3, 0.4) is 0 Å². The number of benzene rings is 1. The van der Waals surface area contributed by atoms with E-state index >= 15 is 0 Å². The highest BCUT2D eigenvalue weighted by Crippen LogP contribution is 2.22. The number of carbonyl (C=O) groups is 3. The van der Waals surface area contributed by atoms with Gasteiger partial charge < -0.3 is 14.8 Å². The number of amides is 2. The van der Waals surface area contributed by atoms with Crippen molar-refractivity contribution in [2.75, 3.05) is 20.1 Å². The van der Waals surface area contributed by atoms with Crippen LogP contribution < -0.4 is 5.32 Å². The third-order valence-corrected chi connectivity index (χ3v) is 3.89. The van der Waals surface area contributed by atoms with Gasteiger partial charge in [0.1, 0.15) is 6.54 Å². The molecule has 0 aliphatic heterocycles. The number of likely N-dealkylation sites (N-methyl/N-ethyl adjacent to an activating group) is 2. The van der Waals surface area contributed by atoms with Crippen LogP contribution in [-0.2, 0) is 16.1 Å². The molecule has 0 fully saturated rings. The first-order valence-corrected chi connectivity index (χ1v) is 7.65. The second-order valence-corrected chi connectivity index (χ2v) is 5.16. The smallest absolute Gasteiger partial charge is 0.292 e. The predicted octanol–water partition coefficient (Wildman–Crippen LogP) is 1.44. The third-order valence-electron chi connectivity index (χ3n) is 3.89. The van der Waals surface area contributed by atoms with Crippen molar-refractivity contribution in [3.63, 3.8) is 0 Å². The molecule has 0 radical (unpaired) electrons. The maximum Gasteiger partial charge on any atom is 0.292 e. The maximum absolute atomic E-state index is 12.3. The number of rotatable bonds is 6. The van der Waals surface area contributed by atoms with Crippen molar-refractivity contribution in [1.29, 1.82) is 0 Å². The van der Waals surface area contributed by atoms with E-state index in [4.69, 9.17) is 0 Å². The van der Waals surface area contributed by atoms with Crippen molar-refractivity contribution >= 4 is 28.5 Å². The van der Waals surface area contributed by atoms with Crippen LogP contribution in [0.4, 0.5) is 0 Å². The number of fused-ring (bicyclic) bond motifs is 1. The maximum atomic E-state index is 12.3. The second-order valence-electron chi connectivity index (χ2n) is 5.16. The topological polar surface area (TPSA) is 71.4 Å². The summed E-state index contributed by atoms with van der Waals surface area (Å²) in [7, 11) is 1.42. The molecule has 0 aliphatic carbocycles. The van der Waals surface area contributed by atoms with E-state index in [1.807, 2.05) is 26.0 Å². The van der Waals surface area contributed by atoms with Gasteiger partial charge in [-0.1, -0.05) is 18.2 Å². The molecule has 0 saturated heterocycles. The summed E-state index contributed by atoms with van der Waals surface area (Å²) in [5.74, 6) is -1.28. The number of nitrogens with zero attached hydrogens (tertiary/aromatic N) is 2. The normalized spacial score (nSPS) is 10.6. The van der Waals surface area contributed by atoms with Gasteiger partial charge in [0.05, 0.1) is 5.56 Å². The van der Waals surface area contributed by atoms with Crippen molar-refractivity contribution in [3.8, 4) is 0 Å². The Morgan fingerprint density at radius 1 is 1.13 bits per heavy atom. The Labute approximate surface area is 135 Å². The highest BCUT2D eigenvalue weighted by molar-refractivity contribution is 6.44. The standard InChI is InChI=1S/C17H21N3O3/c1-4-19(5-2)15(21)11-20-10-13(16(22)17(23)18-3)12-8-6-7-9-14(12)20/h6-10H,4-5,11H2,1-3H3,(H,18,23). The quantitative estimate of drug-likeness (QED) is 0.647. The minimum absolute atomic E-state index is 0.0188. The van der Waals surface area contributed by atoms with E-state index in [1.54, 1.807) is 27.8 Å². The van der Waals surface area contributed by atoms with Gasteiger partial charge >= 0.3 is 0 Å². The molecule has 2 rings (SSSR count). The molecule has 1 N–H and O–H groups in total. The number of ketones is 1. The summed E-state index contributed by atoms with van der Waals surface area (Å²) in [6.07, 6.45) is 1.59. The first-order valence-electron chi connectivity index (χ1n) is 7.65. The number of nitrogens with one attached hydrogen (secondary N) is 1. The predicted molar refractivity (Wildman–Crippen MR) is 88.3 cm³/mol. The van der Waals surface area contributed by atoms with E-state index in [9.17, 15) is 14.4 Å². The van der Waals surface area contributed by atoms with Crippen LogP contribution in [0.1, 0.15) is 24.2 Å². The Hall–Kier alpha value is -2.63. The molecule has 1 heterocycles. The molecule has 6 nitrogen and oxygen atoms in total. The van der Waals surface area contributed by atoms with Crippen molar-refractivity contribution in [1.82, 2.24) is 14.8 Å². The van der Waals surface area contributed by atoms with Crippen LogP contribution in [0.5, 0.6) is 0 Å². The van der Waals surface area contributed by atoms with E-state index < -0.39 is 11.7 Å². The van der Waals surface area contributed by atoms with Gasteiger partial charge in [-0.15, -0.1) is 0 Å². The number of aromatic nitrogens is 1. The van der Waals surface area contributed by atoms with Gasteiger partial charge in [-0.25, -0.2) is 0 Å². The van der Waals surface area contributed by atoms with Gasteiger partial charge in [-0.3, -0.25) is 14.4 Å². The van der Waals surface area contributed by atoms with Crippen LogP contribution in [0, 0.1) is 0 Å². The highest BCUT2D eigenvalue weighted by atomic mass is 16.2. The molecule has 122 valence electrons. The Morgan fingerprint density at radius 3 is 2.39 bits per heavy atom. The summed E-state index contributed by atoms with van der Waals surface area (Å²) in [6, 6.07) is 7.27. The van der Waals surface area contributed by atoms with Gasteiger partial charge in [0, 0.05) is 37.2 Å². The zero-order valence-corrected chi connectivity index (χ0v) is 13.6. The fraction of sp³-hybridized carbons (Fsp3) is 0.353. The molecule has 2 amide bonds. The molecule has 23 heavy (non-hydrogen) atoms. The Balaban J connectivity index is 2.44. The summed E-state index contributed by atoms with van der Waals surface area (Å²) in [5, 5.41) is 3.02. The molecule has 0 aliphatic rings. The third kappa shape index (κ3) is 3.26. The monoisotopic (exact) mass is 315 g/mol. The molecule has 0 spiro atoms. The molecule has 1 aromatic carbocycles. The number of hydrogen-bond acceptors (Lipinski definition) is 3. The van der Waals surface area contributed by atoms with E-state index in [0.29, 0.717) is 24.0 Å². The van der Waals surface area contributed by atoms with E-state index in [-0.39, 0.29) is 12.5 Å². The average Bonchev–Trinajstić information content (AvgIpc) is 2.93. The summed E-state index contributed by atoms with van der Waals surface area (Å²) in [5.41, 5.74) is 1.08. The number of carbonyl (C=O) groups excluding carboxylic acids is 3. The molecular formula is C17H21N3O3. The molecule has 0 unspecified atom stereocenters. The molecule has 0 atom stereocenters. The van der Waals surface area contributed by atoms with Crippen molar-refractivity contribution < 1.29 is 14.4 Å². The Kier molecular flexibility index (Phi) is 5.16. The van der Waals surface area contributed by atoms with Gasteiger partial charge in [0.15, 0.2) is 0 Å². The molecule has 2 aromatic rings. The van der Waals surface area contributed by atoms with Crippen LogP contribution in [-0.4, -0.2) is 47.2 Å². The average molecular weight is 315 g/mol. The van der Waals surface area contributed by atoms with Crippen LogP contribution in [0.15, 0.2) is 30.5 Å². The lowest BCUT2D eigenvalue weighted by Crippen LogP contribution is -2.33. The second kappa shape index (κ2) is 7.09. The van der Waals surface area contributed by atoms with Gasteiger partial charge in [0.25, 0.3) is 11.7 Å². The first kappa shape index (κ1) is 16.7. The zero-order valence-electron chi connectivity index (χ0n) is 13.6. The van der Waals surface area contributed by atoms with E-state index in [2.05, 4.69) is 5.32 Å². The minimum atomic E-state index is -0.664. The Bertz CT molecular complexity index is 745. The lowest BCUT2D eigenvalue weighted by atomic mass is 10.1. The molecule has 0 saturated carbocycles. The lowest BCUT2D eigenvalue weighted by molar-refractivity contribution is -0.131. The molecular weight excluding hydrogens is 294 g/mol. The molecule has 0 bridgehead atoms. The van der Waals surface area contributed by atoms with Crippen LogP contribution >= 0.6 is 0 Å². The fourth-order valence-electron chi connectivity index (χ4n) is 2.62. The van der Waals surface area contributed by atoms with E-state index in [1.165, 1.54) is 7.05 Å².